The van der Waals surface area contributed by atoms with E-state index in [-0.39, 0.29) is 5.60 Å². The van der Waals surface area contributed by atoms with Gasteiger partial charge in [0.2, 0.25) is 5.89 Å². The quantitative estimate of drug-likeness (QED) is 0.747. The molecule has 1 N–H and O–H groups in total. The summed E-state index contributed by atoms with van der Waals surface area (Å²) in [5.74, 6) is 1.71. The van der Waals surface area contributed by atoms with Crippen LogP contribution < -0.4 is 10.1 Å². The third-order valence-corrected chi connectivity index (χ3v) is 4.90. The van der Waals surface area contributed by atoms with E-state index in [0.29, 0.717) is 12.4 Å². The van der Waals surface area contributed by atoms with Crippen LogP contribution in [0.1, 0.15) is 30.7 Å². The van der Waals surface area contributed by atoms with Crippen LogP contribution in [0.15, 0.2) is 46.4 Å². The Morgan fingerprint density at radius 2 is 2.17 bits per heavy atom. The molecule has 0 fully saturated rings. The van der Waals surface area contributed by atoms with Crippen molar-refractivity contribution in [2.45, 2.75) is 39.0 Å². The smallest absolute Gasteiger partial charge is 0.236 e. The highest BCUT2D eigenvalue weighted by molar-refractivity contribution is 7.13. The fourth-order valence-electron chi connectivity index (χ4n) is 3.01. The highest BCUT2D eigenvalue weighted by Gasteiger charge is 2.29. The standard InChI is InChI=1S/C19H20N2O2S/c1-19(2)9-14-8-13(5-6-16(14)23-19)10-20-11-15-12-22-18(21-15)17-4-3-7-24-17/h3-8,12,20H,9-11H2,1-2H3. The Hall–Kier alpha value is -2.11. The molecule has 1 aliphatic heterocycles. The predicted molar refractivity (Wildman–Crippen MR) is 95.2 cm³/mol. The van der Waals surface area contributed by atoms with E-state index >= 15 is 0 Å². The van der Waals surface area contributed by atoms with Crippen LogP contribution in [0, 0.1) is 0 Å². The highest BCUT2D eigenvalue weighted by atomic mass is 32.1. The van der Waals surface area contributed by atoms with E-state index in [1.165, 1.54) is 11.1 Å². The maximum atomic E-state index is 5.92. The first-order valence-corrected chi connectivity index (χ1v) is 8.97. The third-order valence-electron chi connectivity index (χ3n) is 4.05. The van der Waals surface area contributed by atoms with Crippen LogP contribution >= 0.6 is 11.3 Å². The monoisotopic (exact) mass is 340 g/mol. The first-order valence-electron chi connectivity index (χ1n) is 8.09. The SMILES string of the molecule is CC1(C)Cc2cc(CNCc3coc(-c4cccs4)n3)ccc2O1. The topological polar surface area (TPSA) is 47.3 Å². The van der Waals surface area contributed by atoms with Crippen molar-refractivity contribution in [2.24, 2.45) is 0 Å². The number of oxazole rings is 1. The largest absolute Gasteiger partial charge is 0.487 e. The van der Waals surface area contributed by atoms with Crippen LogP contribution in [0.3, 0.4) is 0 Å². The molecule has 3 aromatic rings. The molecule has 5 heteroatoms. The second kappa shape index (κ2) is 6.07. The van der Waals surface area contributed by atoms with E-state index < -0.39 is 0 Å². The Balaban J connectivity index is 1.35. The molecule has 1 aliphatic rings. The molecule has 2 aromatic heterocycles. The van der Waals surface area contributed by atoms with Crippen molar-refractivity contribution in [3.8, 4) is 16.5 Å². The summed E-state index contributed by atoms with van der Waals surface area (Å²) in [7, 11) is 0. The number of hydrogen-bond acceptors (Lipinski definition) is 5. The summed E-state index contributed by atoms with van der Waals surface area (Å²) < 4.78 is 11.5. The van der Waals surface area contributed by atoms with Gasteiger partial charge in [-0.2, -0.15) is 0 Å². The lowest BCUT2D eigenvalue weighted by Gasteiger charge is -2.16. The van der Waals surface area contributed by atoms with E-state index in [4.69, 9.17) is 9.15 Å². The van der Waals surface area contributed by atoms with Crippen LogP contribution in [0.5, 0.6) is 5.75 Å². The first-order chi connectivity index (χ1) is 11.6. The number of thiophene rings is 1. The lowest BCUT2D eigenvalue weighted by molar-refractivity contribution is 0.138. The van der Waals surface area contributed by atoms with E-state index in [1.54, 1.807) is 17.6 Å². The molecule has 0 saturated carbocycles. The number of hydrogen-bond donors (Lipinski definition) is 1. The third kappa shape index (κ3) is 3.23. The van der Waals surface area contributed by atoms with Crippen molar-refractivity contribution >= 4 is 11.3 Å². The second-order valence-electron chi connectivity index (χ2n) is 6.71. The maximum absolute atomic E-state index is 5.92. The average molecular weight is 340 g/mol. The van der Waals surface area contributed by atoms with Crippen molar-refractivity contribution in [1.29, 1.82) is 0 Å². The van der Waals surface area contributed by atoms with Crippen molar-refractivity contribution < 1.29 is 9.15 Å². The zero-order valence-electron chi connectivity index (χ0n) is 13.8. The molecule has 1 aromatic carbocycles. The summed E-state index contributed by atoms with van der Waals surface area (Å²) in [5, 5.41) is 5.45. The zero-order chi connectivity index (χ0) is 16.6. The van der Waals surface area contributed by atoms with Gasteiger partial charge in [-0.1, -0.05) is 18.2 Å². The van der Waals surface area contributed by atoms with Crippen molar-refractivity contribution in [3.63, 3.8) is 0 Å². The van der Waals surface area contributed by atoms with Gasteiger partial charge < -0.3 is 14.5 Å². The molecule has 3 heterocycles. The summed E-state index contributed by atoms with van der Waals surface area (Å²) in [6.45, 7) is 5.74. The van der Waals surface area contributed by atoms with Gasteiger partial charge in [0.15, 0.2) is 0 Å². The van der Waals surface area contributed by atoms with Crippen LogP contribution in [0.25, 0.3) is 10.8 Å². The maximum Gasteiger partial charge on any atom is 0.236 e. The number of nitrogens with zero attached hydrogens (tertiary/aromatic N) is 1. The van der Waals surface area contributed by atoms with E-state index in [1.807, 2.05) is 17.5 Å². The lowest BCUT2D eigenvalue weighted by atomic mass is 10.0. The summed E-state index contributed by atoms with van der Waals surface area (Å²) in [6.07, 6.45) is 2.69. The minimum atomic E-state index is -0.0900. The van der Waals surface area contributed by atoms with Gasteiger partial charge in [0.05, 0.1) is 10.6 Å². The molecule has 0 amide bonds. The highest BCUT2D eigenvalue weighted by Crippen LogP contribution is 2.35. The predicted octanol–water partition coefficient (Wildman–Crippen LogP) is 4.41. The molecule has 0 spiro atoms. The Labute approximate surface area is 145 Å². The number of nitrogens with one attached hydrogen (secondary N) is 1. The molecule has 0 atom stereocenters. The van der Waals surface area contributed by atoms with Crippen LogP contribution in [0.2, 0.25) is 0 Å². The minimum Gasteiger partial charge on any atom is -0.487 e. The number of fused-ring (bicyclic) bond motifs is 1. The van der Waals surface area contributed by atoms with Crippen molar-refractivity contribution in [2.75, 3.05) is 0 Å². The summed E-state index contributed by atoms with van der Waals surface area (Å²) in [6, 6.07) is 10.4. The fourth-order valence-corrected chi connectivity index (χ4v) is 3.66. The number of aromatic nitrogens is 1. The molecule has 24 heavy (non-hydrogen) atoms. The summed E-state index contributed by atoms with van der Waals surface area (Å²) in [4.78, 5) is 5.58. The van der Waals surface area contributed by atoms with Gasteiger partial charge >= 0.3 is 0 Å². The molecule has 0 aliphatic carbocycles. The number of benzene rings is 1. The molecular weight excluding hydrogens is 320 g/mol. The van der Waals surface area contributed by atoms with Crippen LogP contribution in [-0.2, 0) is 19.5 Å². The molecule has 4 nitrogen and oxygen atoms in total. The second-order valence-corrected chi connectivity index (χ2v) is 7.65. The van der Waals surface area contributed by atoms with E-state index in [9.17, 15) is 0 Å². The molecule has 0 unspecified atom stereocenters. The number of ether oxygens (including phenoxy) is 1. The summed E-state index contributed by atoms with van der Waals surface area (Å²) in [5.41, 5.74) is 3.38. The Bertz CT molecular complexity index is 837. The van der Waals surface area contributed by atoms with Crippen molar-refractivity contribution in [3.05, 3.63) is 58.8 Å². The van der Waals surface area contributed by atoms with Crippen LogP contribution in [-0.4, -0.2) is 10.6 Å². The van der Waals surface area contributed by atoms with Gasteiger partial charge in [0.25, 0.3) is 0 Å². The zero-order valence-corrected chi connectivity index (χ0v) is 14.7. The Morgan fingerprint density at radius 1 is 1.25 bits per heavy atom. The molecule has 0 bridgehead atoms. The Kier molecular flexibility index (Phi) is 3.90. The van der Waals surface area contributed by atoms with Crippen LogP contribution in [0.4, 0.5) is 0 Å². The number of rotatable bonds is 5. The van der Waals surface area contributed by atoms with Gasteiger partial charge in [-0.15, -0.1) is 11.3 Å². The van der Waals surface area contributed by atoms with Gasteiger partial charge in [-0.05, 0) is 42.5 Å². The van der Waals surface area contributed by atoms with Crippen molar-refractivity contribution in [1.82, 2.24) is 10.3 Å². The molecule has 0 saturated heterocycles. The van der Waals surface area contributed by atoms with Gasteiger partial charge in [-0.3, -0.25) is 0 Å². The Morgan fingerprint density at radius 3 is 3.00 bits per heavy atom. The molecule has 0 radical (unpaired) electrons. The molecule has 4 rings (SSSR count). The van der Waals surface area contributed by atoms with Gasteiger partial charge in [0, 0.05) is 19.5 Å². The molecular formula is C19H20N2O2S. The average Bonchev–Trinajstić information content (AvgIpc) is 3.23. The molecule has 124 valence electrons. The minimum absolute atomic E-state index is 0.0900. The lowest BCUT2D eigenvalue weighted by Crippen LogP contribution is -2.24. The van der Waals surface area contributed by atoms with E-state index in [0.717, 1.165) is 29.3 Å². The first kappa shape index (κ1) is 15.4. The fraction of sp³-hybridized carbons (Fsp3) is 0.316. The van der Waals surface area contributed by atoms with Gasteiger partial charge in [-0.25, -0.2) is 4.98 Å². The summed E-state index contributed by atoms with van der Waals surface area (Å²) >= 11 is 1.63. The van der Waals surface area contributed by atoms with E-state index in [2.05, 4.69) is 42.3 Å². The van der Waals surface area contributed by atoms with Gasteiger partial charge in [0.1, 0.15) is 17.6 Å². The normalized spacial score (nSPS) is 15.2.